The van der Waals surface area contributed by atoms with Crippen LogP contribution in [0.25, 0.3) is 11.7 Å². The second kappa shape index (κ2) is 27.0. The summed E-state index contributed by atoms with van der Waals surface area (Å²) in [6.07, 6.45) is -33.5. The molecule has 0 radical (unpaired) electrons. The summed E-state index contributed by atoms with van der Waals surface area (Å²) in [5, 5.41) is -2.13. The van der Waals surface area contributed by atoms with Gasteiger partial charge >= 0.3 is 37.1 Å². The lowest BCUT2D eigenvalue weighted by molar-refractivity contribution is -0.140. The van der Waals surface area contributed by atoms with Gasteiger partial charge in [0.25, 0.3) is 0 Å². The van der Waals surface area contributed by atoms with E-state index >= 15 is 0 Å². The Kier molecular flexibility index (Phi) is 23.7. The van der Waals surface area contributed by atoms with E-state index in [0.29, 0.717) is 24.3 Å². The summed E-state index contributed by atoms with van der Waals surface area (Å²) in [5.41, 5.74) is -8.75. The molecule has 4 aromatic rings. The molecule has 0 aliphatic carbocycles. The molecule has 4 aromatic carbocycles. The Bertz CT molecular complexity index is 3030. The lowest BCUT2D eigenvalue weighted by Gasteiger charge is -2.19. The van der Waals surface area contributed by atoms with Gasteiger partial charge in [-0.25, -0.2) is 17.2 Å². The van der Waals surface area contributed by atoms with Crippen LogP contribution in [0, 0.1) is 0 Å². The molecular weight excluding hydrogens is 1290 g/mol. The van der Waals surface area contributed by atoms with E-state index in [2.05, 4.69) is 0 Å². The van der Waals surface area contributed by atoms with Crippen molar-refractivity contribution in [2.75, 3.05) is 23.0 Å². The van der Waals surface area contributed by atoms with Crippen molar-refractivity contribution in [3.05, 3.63) is 147 Å². The number of Topliss-reactive ketones (excluding diaryl/α,β-unsaturated/α-hetero) is 2. The van der Waals surface area contributed by atoms with Crippen molar-refractivity contribution < 1.29 is 110 Å². The highest BCUT2D eigenvalue weighted by Gasteiger charge is 2.43. The average molecular weight is 1320 g/mol. The molecule has 0 amide bonds. The Labute approximate surface area is 466 Å². The number of hydrogen-bond donors (Lipinski definition) is 0. The molecule has 0 saturated heterocycles. The lowest BCUT2D eigenvalue weighted by atomic mass is 9.94. The van der Waals surface area contributed by atoms with E-state index in [1.165, 1.54) is 0 Å². The number of benzene rings is 4. The Hall–Kier alpha value is -3.86. The van der Waals surface area contributed by atoms with E-state index in [0.717, 1.165) is 24.3 Å². The fourth-order valence-electron chi connectivity index (χ4n) is 6.79. The largest absolute Gasteiger partial charge is 0.417 e. The van der Waals surface area contributed by atoms with Gasteiger partial charge in [-0.05, 0) is 72.5 Å². The average Bonchev–Trinajstić information content (AvgIpc) is 3.27. The first-order chi connectivity index (χ1) is 35.7. The predicted octanol–water partition coefficient (Wildman–Crippen LogP) is 18.9. The van der Waals surface area contributed by atoms with Crippen LogP contribution in [0.4, 0.5) is 87.8 Å². The molecule has 0 aliphatic rings. The zero-order chi connectivity index (χ0) is 60.8. The summed E-state index contributed by atoms with van der Waals surface area (Å²) in [7, 11) is -7.10. The minimum Gasteiger partial charge on any atom is -0.294 e. The molecule has 0 heterocycles. The molecule has 0 aromatic heterocycles. The van der Waals surface area contributed by atoms with Gasteiger partial charge in [0.2, 0.25) is 0 Å². The van der Waals surface area contributed by atoms with Gasteiger partial charge in [0, 0.05) is 51.6 Å². The van der Waals surface area contributed by atoms with Crippen LogP contribution in [-0.4, -0.2) is 71.9 Å². The van der Waals surface area contributed by atoms with Crippen LogP contribution in [0.2, 0.25) is 30.1 Å². The summed E-state index contributed by atoms with van der Waals surface area (Å²) in [5.74, 6) is -17.0. The van der Waals surface area contributed by atoms with Gasteiger partial charge in [-0.1, -0.05) is 93.9 Å². The smallest absolute Gasteiger partial charge is 0.294 e. The van der Waals surface area contributed by atoms with Gasteiger partial charge in [0.05, 0.1) is 47.0 Å². The molecule has 0 aliphatic heterocycles. The molecule has 3 atom stereocenters. The summed E-state index contributed by atoms with van der Waals surface area (Å²) in [6, 6.07) is 5.48. The van der Waals surface area contributed by atoms with Crippen LogP contribution in [0.3, 0.4) is 0 Å². The molecule has 0 N–H and O–H groups in total. The Morgan fingerprint density at radius 2 is 0.861 bits per heavy atom. The van der Waals surface area contributed by atoms with Crippen LogP contribution in [0.1, 0.15) is 91.6 Å². The van der Waals surface area contributed by atoms with Crippen molar-refractivity contribution in [3.63, 3.8) is 0 Å². The third-order valence-electron chi connectivity index (χ3n) is 10.2. The van der Waals surface area contributed by atoms with Crippen molar-refractivity contribution in [2.45, 2.75) is 74.6 Å². The normalized spacial score (nSPS) is 14.6. The van der Waals surface area contributed by atoms with E-state index in [9.17, 15) is 110 Å². The zero-order valence-electron chi connectivity index (χ0n) is 38.4. The van der Waals surface area contributed by atoms with Gasteiger partial charge in [0.1, 0.15) is 35.0 Å². The third kappa shape index (κ3) is 21.4. The molecule has 3 unspecified atom stereocenters. The topological polar surface area (TPSA) is 85.3 Å². The monoisotopic (exact) mass is 1320 g/mol. The van der Waals surface area contributed by atoms with Crippen LogP contribution in [0.5, 0.6) is 0 Å². The van der Waals surface area contributed by atoms with Crippen molar-refractivity contribution in [1.29, 1.82) is 0 Å². The molecule has 0 spiro atoms. The number of hydrogen-bond acceptors (Lipinski definition) is 5. The number of carbonyl (C=O) groups is 2. The Morgan fingerprint density at radius 3 is 1.16 bits per heavy atom. The molecule has 438 valence electrons. The van der Waals surface area contributed by atoms with Crippen molar-refractivity contribution in [3.8, 4) is 0 Å². The van der Waals surface area contributed by atoms with Gasteiger partial charge in [-0.2, -0.15) is 79.0 Å². The number of sulfone groups is 1. The van der Waals surface area contributed by atoms with Crippen LogP contribution in [-0.2, 0) is 33.0 Å². The molecule has 5 nitrogen and oxygen atoms in total. The number of carbonyl (C=O) groups excluding carboxylic acids is 2. The highest BCUT2D eigenvalue weighted by molar-refractivity contribution is 7.91. The number of rotatable bonds is 18. The first kappa shape index (κ1) is 69.4. The number of halogens is 26. The van der Waals surface area contributed by atoms with Gasteiger partial charge in [-0.15, -0.1) is 0 Å². The van der Waals surface area contributed by atoms with E-state index in [1.807, 2.05) is 0 Å². The van der Waals surface area contributed by atoms with Gasteiger partial charge in [0.15, 0.2) is 21.4 Å². The van der Waals surface area contributed by atoms with Crippen LogP contribution in [0.15, 0.2) is 72.8 Å². The quantitative estimate of drug-likeness (QED) is 0.0563. The first-order valence-electron chi connectivity index (χ1n) is 21.1. The number of ketones is 2. The maximum absolute atomic E-state index is 14.9. The summed E-state index contributed by atoms with van der Waals surface area (Å²) in [4.78, 5) is 24.7. The number of allylic oxidation sites excluding steroid dienone is 2. The van der Waals surface area contributed by atoms with Crippen LogP contribution < -0.4 is 0 Å². The molecule has 0 fully saturated rings. The fourth-order valence-corrected chi connectivity index (χ4v) is 10.2. The third-order valence-corrected chi connectivity index (χ3v) is 15.7. The van der Waals surface area contributed by atoms with Gasteiger partial charge < -0.3 is 0 Å². The van der Waals surface area contributed by atoms with Crippen molar-refractivity contribution in [2.24, 2.45) is 0 Å². The minimum absolute atomic E-state index is 0.00282. The van der Waals surface area contributed by atoms with E-state index < -0.39 is 196 Å². The second-order valence-electron chi connectivity index (χ2n) is 16.3. The lowest BCUT2D eigenvalue weighted by Crippen LogP contribution is -2.25. The SMILES string of the molecule is O=C(CCCS(=O)(=O)CC(F)(F)F)c1ccc(/C(F)=C/C(c2cc(Cl)c(Cl)c(Cl)c2)C(F)(F)F)cc1C(F)(F)F.O=C(CCCS(=O)CC(F)(F)F)c1ccc(/C(F)=C/C(c2cc(Cl)c(Cl)c(Cl)c2)C(F)(F)F)cc1C(F)(F)F. The molecule has 33 heteroatoms. The van der Waals surface area contributed by atoms with Crippen LogP contribution >= 0.6 is 69.6 Å². The predicted molar refractivity (Wildman–Crippen MR) is 257 cm³/mol. The molecular formula is C46H30Cl6F20O5S2. The standard InChI is InChI=1S/C23H15Cl3F10O3S.C23H15Cl3F10O2S/c24-16-7-12(8-17(25)20(16)26)14(22(31,32)33)9-18(27)11-3-4-13(15(6-11)23(34,35)36)19(37)2-1-5-40(38,39)10-21(28,29)30;24-16-7-12(8-17(25)20(16)26)14(22(31,32)33)9-18(27)11-3-4-13(15(6-11)23(34,35)36)19(37)2-1-5-39(38)10-21(28,29)30/h3-4,6-9,14H,1-2,5,10H2;3-4,6-9,14H,1-2,5,10H2/b2*18-9-. The van der Waals surface area contributed by atoms with Crippen molar-refractivity contribution in [1.82, 2.24) is 0 Å². The molecule has 4 rings (SSSR count). The Morgan fingerprint density at radius 1 is 0.519 bits per heavy atom. The second-order valence-corrected chi connectivity index (χ2v) is 22.5. The maximum Gasteiger partial charge on any atom is 0.417 e. The Balaban J connectivity index is 0.000000415. The van der Waals surface area contributed by atoms with E-state index in [4.69, 9.17) is 69.6 Å². The summed E-state index contributed by atoms with van der Waals surface area (Å²) in [6.45, 7) is 0. The molecule has 0 bridgehead atoms. The zero-order valence-corrected chi connectivity index (χ0v) is 44.6. The van der Waals surface area contributed by atoms with E-state index in [1.54, 1.807) is 0 Å². The van der Waals surface area contributed by atoms with Crippen molar-refractivity contribution >= 4 is 113 Å². The number of alkyl halides is 18. The highest BCUT2D eigenvalue weighted by Crippen LogP contribution is 2.45. The summed E-state index contributed by atoms with van der Waals surface area (Å²) < 4.78 is 302. The molecule has 0 saturated carbocycles. The first-order valence-corrected chi connectivity index (χ1v) is 26.7. The highest BCUT2D eigenvalue weighted by atomic mass is 35.5. The fraction of sp³-hybridized carbons (Fsp3) is 0.348. The molecule has 79 heavy (non-hydrogen) atoms. The minimum atomic E-state index is -5.32. The maximum atomic E-state index is 14.9. The van der Waals surface area contributed by atoms with E-state index in [-0.39, 0.29) is 44.4 Å². The van der Waals surface area contributed by atoms with Gasteiger partial charge in [-0.3, -0.25) is 13.8 Å². The summed E-state index contributed by atoms with van der Waals surface area (Å²) >= 11 is 34.4.